The van der Waals surface area contributed by atoms with E-state index < -0.39 is 0 Å². The molecule has 0 spiro atoms. The summed E-state index contributed by atoms with van der Waals surface area (Å²) in [6.07, 6.45) is 3.28. The van der Waals surface area contributed by atoms with Gasteiger partial charge >= 0.3 is 0 Å². The molecule has 4 aromatic heterocycles. The predicted octanol–water partition coefficient (Wildman–Crippen LogP) is 6.33. The molecule has 0 aliphatic heterocycles. The summed E-state index contributed by atoms with van der Waals surface area (Å²) in [6.45, 7) is 0. The number of aromatic nitrogens is 5. The molecule has 0 saturated carbocycles. The minimum Gasteiger partial charge on any atom is -0.438 e. The normalized spacial score (nSPS) is 10.9. The Morgan fingerprint density at radius 1 is 0.778 bits per heavy atom. The van der Waals surface area contributed by atoms with Gasteiger partial charge in [-0.15, -0.1) is 21.5 Å². The summed E-state index contributed by atoms with van der Waals surface area (Å²) in [5.74, 6) is 1.94. The number of rotatable bonds is 6. The lowest BCUT2D eigenvalue weighted by atomic mass is 10.1. The lowest BCUT2D eigenvalue weighted by molar-refractivity contribution is 0.465. The second-order valence-corrected chi connectivity index (χ2v) is 8.78. The van der Waals surface area contributed by atoms with E-state index in [1.807, 2.05) is 66.0 Å². The zero-order valence-corrected chi connectivity index (χ0v) is 19.7. The molecule has 36 heavy (non-hydrogen) atoms. The molecule has 0 aliphatic carbocycles. The van der Waals surface area contributed by atoms with Crippen LogP contribution in [0.2, 0.25) is 0 Å². The Balaban J connectivity index is 1.26. The number of pyridine rings is 1. The van der Waals surface area contributed by atoms with Crippen molar-refractivity contribution in [2.24, 2.45) is 0 Å². The van der Waals surface area contributed by atoms with Gasteiger partial charge in [-0.2, -0.15) is 0 Å². The Kier molecular flexibility index (Phi) is 5.65. The first-order chi connectivity index (χ1) is 17.7. The summed E-state index contributed by atoms with van der Waals surface area (Å²) in [7, 11) is 0. The van der Waals surface area contributed by atoms with Crippen LogP contribution < -0.4 is 15.8 Å². The first-order valence-corrected chi connectivity index (χ1v) is 12.0. The third-order valence-electron chi connectivity index (χ3n) is 5.49. The molecule has 0 unspecified atom stereocenters. The fraction of sp³-hybridized carbons (Fsp3) is 0. The Morgan fingerprint density at radius 3 is 2.44 bits per heavy atom. The van der Waals surface area contributed by atoms with Gasteiger partial charge in [-0.3, -0.25) is 0 Å². The van der Waals surface area contributed by atoms with E-state index in [0.717, 1.165) is 32.6 Å². The number of hydrogen-bond acceptors (Lipinski definition) is 9. The van der Waals surface area contributed by atoms with Crippen molar-refractivity contribution < 1.29 is 4.74 Å². The summed E-state index contributed by atoms with van der Waals surface area (Å²) < 4.78 is 6.07. The smallest absolute Gasteiger partial charge is 0.228 e. The van der Waals surface area contributed by atoms with Crippen LogP contribution in [0.5, 0.6) is 11.6 Å². The molecule has 4 heterocycles. The maximum atomic E-state index is 6.07. The second kappa shape index (κ2) is 9.40. The van der Waals surface area contributed by atoms with Crippen molar-refractivity contribution in [3.63, 3.8) is 0 Å². The van der Waals surface area contributed by atoms with E-state index in [0.29, 0.717) is 23.1 Å². The molecule has 0 saturated heterocycles. The number of nitrogens with one attached hydrogen (secondary N) is 1. The second-order valence-electron chi connectivity index (χ2n) is 7.83. The SMILES string of the molecule is Nc1nccc(-c2cccnc2Oc2ccc(Nc3nnc(-c4cccs4)c4ccccc34)cc2)n1. The van der Waals surface area contributed by atoms with E-state index in [1.54, 1.807) is 29.8 Å². The molecule has 8 nitrogen and oxygen atoms in total. The Morgan fingerprint density at radius 2 is 1.64 bits per heavy atom. The van der Waals surface area contributed by atoms with Gasteiger partial charge in [0.2, 0.25) is 11.8 Å². The van der Waals surface area contributed by atoms with Crippen LogP contribution in [0.3, 0.4) is 0 Å². The van der Waals surface area contributed by atoms with Crippen LogP contribution in [0.25, 0.3) is 32.6 Å². The largest absolute Gasteiger partial charge is 0.438 e. The molecule has 6 rings (SSSR count). The topological polar surface area (TPSA) is 112 Å². The lowest BCUT2D eigenvalue weighted by Crippen LogP contribution is -1.99. The number of nitrogen functional groups attached to an aromatic ring is 1. The molecule has 0 bridgehead atoms. The number of fused-ring (bicyclic) bond motifs is 1. The Bertz CT molecular complexity index is 1650. The number of hydrogen-bond donors (Lipinski definition) is 2. The van der Waals surface area contributed by atoms with Crippen LogP contribution in [0.4, 0.5) is 17.5 Å². The first-order valence-electron chi connectivity index (χ1n) is 11.1. The van der Waals surface area contributed by atoms with Crippen molar-refractivity contribution in [2.45, 2.75) is 0 Å². The average Bonchev–Trinajstić information content (AvgIpc) is 3.45. The molecule has 3 N–H and O–H groups in total. The van der Waals surface area contributed by atoms with E-state index in [-0.39, 0.29) is 5.95 Å². The van der Waals surface area contributed by atoms with Crippen molar-refractivity contribution >= 4 is 39.6 Å². The monoisotopic (exact) mass is 489 g/mol. The molecule has 0 atom stereocenters. The zero-order valence-electron chi connectivity index (χ0n) is 18.9. The molecular formula is C27H19N7OS. The number of nitrogens with two attached hydrogens (primary N) is 1. The third kappa shape index (κ3) is 4.30. The van der Waals surface area contributed by atoms with Gasteiger partial charge in [-0.05, 0) is 53.9 Å². The fourth-order valence-electron chi connectivity index (χ4n) is 3.84. The van der Waals surface area contributed by atoms with Gasteiger partial charge in [-0.25, -0.2) is 15.0 Å². The van der Waals surface area contributed by atoms with Crippen molar-refractivity contribution in [3.8, 4) is 33.5 Å². The number of ether oxygens (including phenoxy) is 1. The molecule has 0 amide bonds. The molecule has 0 radical (unpaired) electrons. The third-order valence-corrected chi connectivity index (χ3v) is 6.37. The van der Waals surface area contributed by atoms with Crippen LogP contribution >= 0.6 is 11.3 Å². The molecule has 9 heteroatoms. The van der Waals surface area contributed by atoms with Gasteiger partial charge in [0.1, 0.15) is 11.4 Å². The van der Waals surface area contributed by atoms with Crippen molar-refractivity contribution in [3.05, 3.63) is 96.6 Å². The summed E-state index contributed by atoms with van der Waals surface area (Å²) in [4.78, 5) is 13.7. The van der Waals surface area contributed by atoms with Gasteiger partial charge in [0, 0.05) is 28.9 Å². The van der Waals surface area contributed by atoms with Crippen LogP contribution in [0.1, 0.15) is 0 Å². The van der Waals surface area contributed by atoms with E-state index in [2.05, 4.69) is 42.6 Å². The number of thiophene rings is 1. The fourth-order valence-corrected chi connectivity index (χ4v) is 4.56. The highest BCUT2D eigenvalue weighted by Gasteiger charge is 2.13. The van der Waals surface area contributed by atoms with Gasteiger partial charge in [0.05, 0.1) is 16.1 Å². The number of benzene rings is 2. The molecular weight excluding hydrogens is 470 g/mol. The predicted molar refractivity (Wildman–Crippen MR) is 142 cm³/mol. The van der Waals surface area contributed by atoms with Crippen LogP contribution in [0, 0.1) is 0 Å². The summed E-state index contributed by atoms with van der Waals surface area (Å²) in [5.41, 5.74) is 8.85. The average molecular weight is 490 g/mol. The van der Waals surface area contributed by atoms with Crippen molar-refractivity contribution in [1.82, 2.24) is 25.1 Å². The van der Waals surface area contributed by atoms with E-state index in [9.17, 15) is 0 Å². The maximum Gasteiger partial charge on any atom is 0.228 e. The standard InChI is InChI=1S/C27H19N7OS/c28-27-30-15-13-22(32-27)21-7-3-14-29-26(21)35-18-11-9-17(10-12-18)31-25-20-6-2-1-5-19(20)24(33-34-25)23-8-4-16-36-23/h1-16H,(H,31,34)(H2,28,30,32). The molecule has 6 aromatic rings. The highest BCUT2D eigenvalue weighted by Crippen LogP contribution is 2.34. The summed E-state index contributed by atoms with van der Waals surface area (Å²) in [5, 5.41) is 16.5. The van der Waals surface area contributed by atoms with Crippen LogP contribution in [0.15, 0.2) is 96.6 Å². The van der Waals surface area contributed by atoms with E-state index in [1.165, 1.54) is 0 Å². The van der Waals surface area contributed by atoms with Crippen LogP contribution in [-0.4, -0.2) is 25.1 Å². The van der Waals surface area contributed by atoms with Crippen LogP contribution in [-0.2, 0) is 0 Å². The molecule has 2 aromatic carbocycles. The maximum absolute atomic E-state index is 6.07. The number of anilines is 3. The van der Waals surface area contributed by atoms with Gasteiger partial charge in [-0.1, -0.05) is 30.3 Å². The summed E-state index contributed by atoms with van der Waals surface area (Å²) in [6, 6.07) is 25.2. The molecule has 174 valence electrons. The van der Waals surface area contributed by atoms with E-state index >= 15 is 0 Å². The highest BCUT2D eigenvalue weighted by atomic mass is 32.1. The lowest BCUT2D eigenvalue weighted by Gasteiger charge is -2.12. The Labute approximate surface area is 210 Å². The molecule has 0 fully saturated rings. The van der Waals surface area contributed by atoms with Crippen molar-refractivity contribution in [1.29, 1.82) is 0 Å². The zero-order chi connectivity index (χ0) is 24.3. The van der Waals surface area contributed by atoms with Gasteiger partial charge in [0.15, 0.2) is 5.82 Å². The van der Waals surface area contributed by atoms with Gasteiger partial charge < -0.3 is 15.8 Å². The molecule has 0 aliphatic rings. The highest BCUT2D eigenvalue weighted by molar-refractivity contribution is 7.13. The van der Waals surface area contributed by atoms with E-state index in [4.69, 9.17) is 10.5 Å². The Hall–Kier alpha value is -4.89. The minimum absolute atomic E-state index is 0.191. The first kappa shape index (κ1) is 21.6. The number of nitrogens with zero attached hydrogens (tertiary/aromatic N) is 5. The van der Waals surface area contributed by atoms with Crippen molar-refractivity contribution in [2.75, 3.05) is 11.1 Å². The van der Waals surface area contributed by atoms with Gasteiger partial charge in [0.25, 0.3) is 0 Å². The summed E-state index contributed by atoms with van der Waals surface area (Å²) >= 11 is 1.65. The quantitative estimate of drug-likeness (QED) is 0.279. The minimum atomic E-state index is 0.191.